The number of nitriles is 3. The second kappa shape index (κ2) is 5.14. The Balaban J connectivity index is 2.39. The lowest BCUT2D eigenvalue weighted by atomic mass is 9.82. The Labute approximate surface area is 118 Å². The van der Waals surface area contributed by atoms with E-state index in [-0.39, 0.29) is 12.5 Å². The highest BCUT2D eigenvalue weighted by Crippen LogP contribution is 2.73. The molecule has 0 saturated heterocycles. The largest absolute Gasteiger partial charge is 0.465 e. The molecule has 0 amide bonds. The average molecular weight is 271 g/mol. The molecule has 2 fully saturated rings. The van der Waals surface area contributed by atoms with Crippen LogP contribution in [0.5, 0.6) is 0 Å². The molecule has 2 aliphatic carbocycles. The lowest BCUT2D eigenvalue weighted by Crippen LogP contribution is -2.25. The summed E-state index contributed by atoms with van der Waals surface area (Å²) in [5.74, 6) is -1.12. The fraction of sp³-hybridized carbons (Fsp3) is 0.733. The van der Waals surface area contributed by atoms with E-state index in [9.17, 15) is 20.6 Å². The van der Waals surface area contributed by atoms with Crippen LogP contribution in [0.2, 0.25) is 0 Å². The lowest BCUT2D eigenvalue weighted by molar-refractivity contribution is -0.148. The van der Waals surface area contributed by atoms with Crippen molar-refractivity contribution in [2.45, 2.75) is 39.0 Å². The highest BCUT2D eigenvalue weighted by atomic mass is 16.5. The van der Waals surface area contributed by atoms with Crippen LogP contribution in [0.4, 0.5) is 0 Å². The van der Waals surface area contributed by atoms with Gasteiger partial charge in [0.1, 0.15) is 0 Å². The first-order valence-electron chi connectivity index (χ1n) is 7.05. The molecule has 0 aromatic carbocycles. The summed E-state index contributed by atoms with van der Waals surface area (Å²) < 4.78 is 4.98. The topological polar surface area (TPSA) is 97.7 Å². The predicted molar refractivity (Wildman–Crippen MR) is 68.4 cm³/mol. The zero-order valence-corrected chi connectivity index (χ0v) is 11.6. The fourth-order valence-corrected chi connectivity index (χ4v) is 3.75. The van der Waals surface area contributed by atoms with Crippen molar-refractivity contribution < 1.29 is 9.53 Å². The summed E-state index contributed by atoms with van der Waals surface area (Å²) >= 11 is 0. The molecule has 0 aromatic heterocycles. The van der Waals surface area contributed by atoms with Gasteiger partial charge in [0.05, 0.1) is 24.8 Å². The predicted octanol–water partition coefficient (Wildman–Crippen LogP) is 2.30. The van der Waals surface area contributed by atoms with Crippen LogP contribution in [-0.2, 0) is 9.53 Å². The van der Waals surface area contributed by atoms with Gasteiger partial charge in [-0.1, -0.05) is 32.1 Å². The van der Waals surface area contributed by atoms with Gasteiger partial charge in [0.15, 0.2) is 10.8 Å². The van der Waals surface area contributed by atoms with Crippen molar-refractivity contribution in [3.63, 3.8) is 0 Å². The first-order valence-corrected chi connectivity index (χ1v) is 7.05. The number of hydrogen-bond acceptors (Lipinski definition) is 5. The molecule has 0 N–H and O–H groups in total. The number of esters is 1. The van der Waals surface area contributed by atoms with Gasteiger partial charge in [-0.15, -0.1) is 0 Å². The zero-order valence-electron chi connectivity index (χ0n) is 11.6. The molecule has 0 unspecified atom stereocenters. The van der Waals surface area contributed by atoms with Gasteiger partial charge >= 0.3 is 5.97 Å². The molecule has 5 heteroatoms. The molecular weight excluding hydrogens is 254 g/mol. The summed E-state index contributed by atoms with van der Waals surface area (Å²) in [6.45, 7) is 1.80. The Kier molecular flexibility index (Phi) is 3.69. The van der Waals surface area contributed by atoms with Crippen LogP contribution in [0.1, 0.15) is 39.0 Å². The van der Waals surface area contributed by atoms with E-state index in [0.29, 0.717) is 0 Å². The number of ether oxygens (including phenoxy) is 1. The molecule has 2 aliphatic rings. The number of carbonyl (C=O) groups is 1. The molecule has 0 heterocycles. The van der Waals surface area contributed by atoms with E-state index in [2.05, 4.69) is 0 Å². The molecule has 0 aromatic rings. The second-order valence-electron chi connectivity index (χ2n) is 5.55. The Bertz CT molecular complexity index is 517. The van der Waals surface area contributed by atoms with Crippen LogP contribution in [0, 0.1) is 56.7 Å². The van der Waals surface area contributed by atoms with Gasteiger partial charge < -0.3 is 4.74 Å². The molecule has 0 radical (unpaired) electrons. The third kappa shape index (κ3) is 1.61. The Morgan fingerprint density at radius 3 is 2.20 bits per heavy atom. The molecule has 2 atom stereocenters. The first-order chi connectivity index (χ1) is 9.64. The van der Waals surface area contributed by atoms with E-state index >= 15 is 0 Å². The summed E-state index contributed by atoms with van der Waals surface area (Å²) in [6.07, 6.45) is 4.93. The monoisotopic (exact) mass is 271 g/mol. The Hall–Kier alpha value is -2.06. The molecule has 0 bridgehead atoms. The average Bonchev–Trinajstić information content (AvgIpc) is 3.12. The SMILES string of the molecule is CCOC(=O)[C@]1(C#N)[C@H](C2CCCCC2)C1(C#N)C#N. The van der Waals surface area contributed by atoms with Crippen LogP contribution in [-0.4, -0.2) is 12.6 Å². The number of hydrogen-bond donors (Lipinski definition) is 0. The Morgan fingerprint density at radius 2 is 1.75 bits per heavy atom. The highest BCUT2D eigenvalue weighted by molar-refractivity contribution is 5.89. The molecule has 20 heavy (non-hydrogen) atoms. The van der Waals surface area contributed by atoms with Crippen LogP contribution in [0.25, 0.3) is 0 Å². The van der Waals surface area contributed by atoms with Gasteiger partial charge in [-0.3, -0.25) is 4.79 Å². The minimum Gasteiger partial charge on any atom is -0.465 e. The summed E-state index contributed by atoms with van der Waals surface area (Å²) in [7, 11) is 0. The minimum atomic E-state index is -1.59. The van der Waals surface area contributed by atoms with Crippen LogP contribution < -0.4 is 0 Å². The van der Waals surface area contributed by atoms with E-state index in [1.165, 1.54) is 0 Å². The van der Waals surface area contributed by atoms with Gasteiger partial charge in [0, 0.05) is 5.92 Å². The maximum atomic E-state index is 12.2. The van der Waals surface area contributed by atoms with Crippen LogP contribution >= 0.6 is 0 Å². The summed E-state index contributed by atoms with van der Waals surface area (Å²) in [5.41, 5.74) is -3.12. The maximum Gasteiger partial charge on any atom is 0.329 e. The van der Waals surface area contributed by atoms with Crippen molar-refractivity contribution >= 4 is 5.97 Å². The van der Waals surface area contributed by atoms with Crippen molar-refractivity contribution in [2.75, 3.05) is 6.61 Å². The molecule has 0 spiro atoms. The van der Waals surface area contributed by atoms with Crippen molar-refractivity contribution in [1.82, 2.24) is 0 Å². The number of carbonyl (C=O) groups excluding carboxylic acids is 1. The lowest BCUT2D eigenvalue weighted by Gasteiger charge is -2.22. The third-order valence-corrected chi connectivity index (χ3v) is 4.72. The van der Waals surface area contributed by atoms with Gasteiger partial charge in [0.25, 0.3) is 0 Å². The van der Waals surface area contributed by atoms with E-state index < -0.39 is 22.7 Å². The van der Waals surface area contributed by atoms with Crippen molar-refractivity contribution in [3.05, 3.63) is 0 Å². The molecule has 0 aliphatic heterocycles. The van der Waals surface area contributed by atoms with Crippen LogP contribution in [0.3, 0.4) is 0 Å². The molecular formula is C15H17N3O2. The van der Waals surface area contributed by atoms with Crippen molar-refractivity contribution in [3.8, 4) is 18.2 Å². The number of nitrogens with zero attached hydrogens (tertiary/aromatic N) is 3. The number of rotatable bonds is 3. The quantitative estimate of drug-likeness (QED) is 0.733. The molecule has 2 rings (SSSR count). The van der Waals surface area contributed by atoms with Crippen molar-refractivity contribution in [2.24, 2.45) is 22.7 Å². The van der Waals surface area contributed by atoms with E-state index in [0.717, 1.165) is 32.1 Å². The fourth-order valence-electron chi connectivity index (χ4n) is 3.75. The summed E-state index contributed by atoms with van der Waals surface area (Å²) in [6, 6.07) is 5.85. The van der Waals surface area contributed by atoms with Gasteiger partial charge in [-0.05, 0) is 12.8 Å². The Morgan fingerprint density at radius 1 is 1.15 bits per heavy atom. The van der Waals surface area contributed by atoms with E-state index in [4.69, 9.17) is 4.74 Å². The highest BCUT2D eigenvalue weighted by Gasteiger charge is 2.86. The smallest absolute Gasteiger partial charge is 0.329 e. The normalized spacial score (nSPS) is 31.4. The maximum absolute atomic E-state index is 12.2. The second-order valence-corrected chi connectivity index (χ2v) is 5.55. The molecule has 2 saturated carbocycles. The van der Waals surface area contributed by atoms with E-state index in [1.807, 2.05) is 18.2 Å². The van der Waals surface area contributed by atoms with E-state index in [1.54, 1.807) is 6.92 Å². The van der Waals surface area contributed by atoms with Gasteiger partial charge in [0.2, 0.25) is 0 Å². The molecule has 5 nitrogen and oxygen atoms in total. The standard InChI is InChI=1S/C15H17N3O2/c1-2-20-13(19)15(10-18)12(14(15,8-16)9-17)11-6-4-3-5-7-11/h11-12H,2-7H2,1H3/t12-,15+/m1/s1. The summed E-state index contributed by atoms with van der Waals surface area (Å²) in [4.78, 5) is 12.2. The van der Waals surface area contributed by atoms with Crippen molar-refractivity contribution in [1.29, 1.82) is 15.8 Å². The molecule has 104 valence electrons. The first kappa shape index (κ1) is 14.4. The zero-order chi connectivity index (χ0) is 14.8. The van der Waals surface area contributed by atoms with Crippen LogP contribution in [0.15, 0.2) is 0 Å². The van der Waals surface area contributed by atoms with Gasteiger partial charge in [-0.25, -0.2) is 0 Å². The third-order valence-electron chi connectivity index (χ3n) is 4.72. The van der Waals surface area contributed by atoms with Gasteiger partial charge in [-0.2, -0.15) is 15.8 Å². The summed E-state index contributed by atoms with van der Waals surface area (Å²) in [5, 5.41) is 28.3. The minimum absolute atomic E-state index is 0.0899.